The van der Waals surface area contributed by atoms with Crippen LogP contribution >= 0.6 is 0 Å². The van der Waals surface area contributed by atoms with Gasteiger partial charge in [-0.3, -0.25) is 14.6 Å². The summed E-state index contributed by atoms with van der Waals surface area (Å²) in [6, 6.07) is -0.517. The first-order valence-electron chi connectivity index (χ1n) is 5.65. The molecule has 96 valence electrons. The summed E-state index contributed by atoms with van der Waals surface area (Å²) in [7, 11) is 0. The number of nitrogens with two attached hydrogens (primary N) is 3. The van der Waals surface area contributed by atoms with Crippen molar-refractivity contribution < 1.29 is 9.59 Å². The average molecular weight is 241 g/mol. The van der Waals surface area contributed by atoms with E-state index in [2.05, 4.69) is 10.3 Å². The molecule has 1 saturated heterocycles. The molecule has 2 amide bonds. The molecule has 17 heavy (non-hydrogen) atoms. The van der Waals surface area contributed by atoms with Crippen LogP contribution in [0.15, 0.2) is 4.99 Å². The second-order valence-corrected chi connectivity index (χ2v) is 4.19. The van der Waals surface area contributed by atoms with Crippen LogP contribution in [0.2, 0.25) is 0 Å². The highest BCUT2D eigenvalue weighted by Gasteiger charge is 2.29. The quantitative estimate of drug-likeness (QED) is 0.262. The monoisotopic (exact) mass is 241 g/mol. The Kier molecular flexibility index (Phi) is 4.74. The Bertz CT molecular complexity index is 325. The summed E-state index contributed by atoms with van der Waals surface area (Å²) >= 11 is 0. The first-order chi connectivity index (χ1) is 8.00. The molecular weight excluding hydrogens is 222 g/mol. The van der Waals surface area contributed by atoms with Crippen LogP contribution in [0, 0.1) is 5.92 Å². The Morgan fingerprint density at radius 2 is 2.06 bits per heavy atom. The van der Waals surface area contributed by atoms with Gasteiger partial charge in [0.15, 0.2) is 5.96 Å². The standard InChI is InChI=1S/C10H19N5O2/c11-8(16)7-4-3-6(9(17)15-7)2-1-5-14-10(12)13/h6-7H,1-5H2,(H2,11,16)(H,15,17)(H4,12,13,14)/t6-,7-/m0/s1. The lowest BCUT2D eigenvalue weighted by atomic mass is 9.90. The summed E-state index contributed by atoms with van der Waals surface area (Å²) < 4.78 is 0. The Hall–Kier alpha value is -1.79. The molecule has 0 aromatic rings. The van der Waals surface area contributed by atoms with Gasteiger partial charge >= 0.3 is 0 Å². The highest BCUT2D eigenvalue weighted by Crippen LogP contribution is 2.20. The summed E-state index contributed by atoms with van der Waals surface area (Å²) in [5.74, 6) is -0.589. The number of hydrogen-bond donors (Lipinski definition) is 4. The molecule has 2 atom stereocenters. The van der Waals surface area contributed by atoms with E-state index in [1.807, 2.05) is 0 Å². The largest absolute Gasteiger partial charge is 0.370 e. The van der Waals surface area contributed by atoms with Crippen LogP contribution in [-0.4, -0.2) is 30.4 Å². The second kappa shape index (κ2) is 6.07. The normalized spacial score (nSPS) is 23.9. The van der Waals surface area contributed by atoms with Gasteiger partial charge in [0.2, 0.25) is 11.8 Å². The van der Waals surface area contributed by atoms with Crippen LogP contribution in [-0.2, 0) is 9.59 Å². The molecule has 0 aromatic heterocycles. The van der Waals surface area contributed by atoms with Gasteiger partial charge in [0.05, 0.1) is 0 Å². The molecule has 0 aromatic carbocycles. The van der Waals surface area contributed by atoms with E-state index >= 15 is 0 Å². The fourth-order valence-electron chi connectivity index (χ4n) is 1.90. The number of hydrogen-bond acceptors (Lipinski definition) is 3. The van der Waals surface area contributed by atoms with Crippen LogP contribution in [0.25, 0.3) is 0 Å². The second-order valence-electron chi connectivity index (χ2n) is 4.19. The lowest BCUT2D eigenvalue weighted by Crippen LogP contribution is -2.50. The lowest BCUT2D eigenvalue weighted by Gasteiger charge is -2.27. The van der Waals surface area contributed by atoms with Crippen molar-refractivity contribution in [1.82, 2.24) is 5.32 Å². The van der Waals surface area contributed by atoms with E-state index < -0.39 is 11.9 Å². The molecule has 1 fully saturated rings. The molecule has 7 heteroatoms. The van der Waals surface area contributed by atoms with Crippen molar-refractivity contribution in [3.05, 3.63) is 0 Å². The summed E-state index contributed by atoms with van der Waals surface area (Å²) in [5, 5.41) is 2.62. The highest BCUT2D eigenvalue weighted by atomic mass is 16.2. The first kappa shape index (κ1) is 13.3. The van der Waals surface area contributed by atoms with Crippen LogP contribution < -0.4 is 22.5 Å². The van der Waals surface area contributed by atoms with Gasteiger partial charge in [-0.05, 0) is 25.7 Å². The van der Waals surface area contributed by atoms with Gasteiger partial charge in [-0.15, -0.1) is 0 Å². The lowest BCUT2D eigenvalue weighted by molar-refractivity contribution is -0.132. The van der Waals surface area contributed by atoms with E-state index in [0.29, 0.717) is 25.8 Å². The number of aliphatic imine (C=N–C) groups is 1. The van der Waals surface area contributed by atoms with Gasteiger partial charge in [-0.2, -0.15) is 0 Å². The third-order valence-corrected chi connectivity index (χ3v) is 2.84. The zero-order chi connectivity index (χ0) is 12.8. The fraction of sp³-hybridized carbons (Fsp3) is 0.700. The molecule has 1 aliphatic heterocycles. The van der Waals surface area contributed by atoms with Gasteiger partial charge in [-0.25, -0.2) is 0 Å². The molecule has 1 aliphatic rings. The number of amides is 2. The summed E-state index contributed by atoms with van der Waals surface area (Å²) in [4.78, 5) is 26.4. The van der Waals surface area contributed by atoms with Gasteiger partial charge in [0.25, 0.3) is 0 Å². The van der Waals surface area contributed by atoms with E-state index in [0.717, 1.165) is 6.42 Å². The number of rotatable bonds is 5. The number of nitrogens with zero attached hydrogens (tertiary/aromatic N) is 1. The number of carbonyl (C=O) groups is 2. The van der Waals surface area contributed by atoms with Crippen molar-refractivity contribution in [2.45, 2.75) is 31.7 Å². The van der Waals surface area contributed by atoms with E-state index in [1.54, 1.807) is 0 Å². The molecule has 1 rings (SSSR count). The Balaban J connectivity index is 2.30. The van der Waals surface area contributed by atoms with Crippen LogP contribution in [0.4, 0.5) is 0 Å². The summed E-state index contributed by atoms with van der Waals surface area (Å²) in [5.41, 5.74) is 15.5. The van der Waals surface area contributed by atoms with Crippen molar-refractivity contribution >= 4 is 17.8 Å². The third-order valence-electron chi connectivity index (χ3n) is 2.84. The van der Waals surface area contributed by atoms with Crippen molar-refractivity contribution in [2.24, 2.45) is 28.1 Å². The predicted molar refractivity (Wildman–Crippen MR) is 63.8 cm³/mol. The molecular formula is C10H19N5O2. The van der Waals surface area contributed by atoms with Gasteiger partial charge in [0, 0.05) is 12.5 Å². The van der Waals surface area contributed by atoms with Crippen LogP contribution in [0.5, 0.6) is 0 Å². The molecule has 0 spiro atoms. The van der Waals surface area contributed by atoms with Crippen molar-refractivity contribution in [1.29, 1.82) is 0 Å². The molecule has 1 heterocycles. The van der Waals surface area contributed by atoms with E-state index in [-0.39, 0.29) is 17.8 Å². The average Bonchev–Trinajstić information content (AvgIpc) is 2.25. The molecule has 0 bridgehead atoms. The third kappa shape index (κ3) is 4.29. The Morgan fingerprint density at radius 1 is 1.35 bits per heavy atom. The maximum absolute atomic E-state index is 11.6. The number of nitrogens with one attached hydrogen (secondary N) is 1. The predicted octanol–water partition coefficient (Wildman–Crippen LogP) is -1.58. The van der Waals surface area contributed by atoms with Gasteiger partial charge < -0.3 is 22.5 Å². The van der Waals surface area contributed by atoms with E-state index in [4.69, 9.17) is 17.2 Å². The summed E-state index contributed by atoms with van der Waals surface area (Å²) in [6.45, 7) is 0.519. The number of primary amides is 1. The van der Waals surface area contributed by atoms with Gasteiger partial charge in [-0.1, -0.05) is 0 Å². The van der Waals surface area contributed by atoms with Crippen LogP contribution in [0.1, 0.15) is 25.7 Å². The molecule has 0 unspecified atom stereocenters. The van der Waals surface area contributed by atoms with Crippen molar-refractivity contribution in [3.8, 4) is 0 Å². The number of guanidine groups is 1. The van der Waals surface area contributed by atoms with Gasteiger partial charge in [0.1, 0.15) is 6.04 Å². The Labute approximate surface area is 99.8 Å². The fourth-order valence-corrected chi connectivity index (χ4v) is 1.90. The number of piperidine rings is 1. The maximum atomic E-state index is 11.6. The molecule has 0 saturated carbocycles. The van der Waals surface area contributed by atoms with E-state index in [9.17, 15) is 9.59 Å². The Morgan fingerprint density at radius 3 is 2.59 bits per heavy atom. The van der Waals surface area contributed by atoms with Crippen molar-refractivity contribution in [2.75, 3.05) is 6.54 Å². The van der Waals surface area contributed by atoms with Crippen molar-refractivity contribution in [3.63, 3.8) is 0 Å². The van der Waals surface area contributed by atoms with E-state index in [1.165, 1.54) is 0 Å². The molecule has 0 radical (unpaired) electrons. The minimum atomic E-state index is -0.517. The van der Waals surface area contributed by atoms with Crippen LogP contribution in [0.3, 0.4) is 0 Å². The SMILES string of the molecule is NC(=O)[C@@H]1CC[C@H](CCCN=C(N)N)C(=O)N1. The molecule has 0 aliphatic carbocycles. The number of carbonyl (C=O) groups excluding carboxylic acids is 2. The summed E-state index contributed by atoms with van der Waals surface area (Å²) in [6.07, 6.45) is 2.75. The zero-order valence-corrected chi connectivity index (χ0v) is 9.69. The maximum Gasteiger partial charge on any atom is 0.240 e. The molecule has 7 nitrogen and oxygen atoms in total. The first-order valence-corrected chi connectivity index (χ1v) is 5.65. The zero-order valence-electron chi connectivity index (χ0n) is 9.69. The molecule has 7 N–H and O–H groups in total. The minimum Gasteiger partial charge on any atom is -0.370 e. The highest BCUT2D eigenvalue weighted by molar-refractivity contribution is 5.88. The smallest absolute Gasteiger partial charge is 0.240 e. The topological polar surface area (TPSA) is 137 Å². The minimum absolute atomic E-state index is 0.0619.